The van der Waals surface area contributed by atoms with Gasteiger partial charge in [0.15, 0.2) is 0 Å². The highest BCUT2D eigenvalue weighted by Crippen LogP contribution is 2.23. The van der Waals surface area contributed by atoms with Gasteiger partial charge in [-0.2, -0.15) is 0 Å². The number of anilines is 1. The molecule has 0 radical (unpaired) electrons. The molecule has 1 aliphatic rings. The van der Waals surface area contributed by atoms with Crippen molar-refractivity contribution in [1.82, 2.24) is 5.32 Å². The van der Waals surface area contributed by atoms with Crippen molar-refractivity contribution in [2.24, 2.45) is 0 Å². The number of para-hydroxylation sites is 1. The number of hydrogen-bond acceptors (Lipinski definition) is 3. The van der Waals surface area contributed by atoms with Crippen LogP contribution in [0.2, 0.25) is 0 Å². The number of hydrogen-bond donors (Lipinski definition) is 2. The SMILES string of the molecule is Cc1ccccc1N1C(=O)CNCC1C(=O)O. The smallest absolute Gasteiger partial charge is 0.328 e. The molecule has 0 spiro atoms. The molecule has 1 aliphatic heterocycles. The van der Waals surface area contributed by atoms with Gasteiger partial charge in [0.25, 0.3) is 0 Å². The standard InChI is InChI=1S/C12H14N2O3/c1-8-4-2-3-5-9(8)14-10(12(16)17)6-13-7-11(14)15/h2-5,10,13H,6-7H2,1H3,(H,16,17). The maximum Gasteiger partial charge on any atom is 0.328 e. The summed E-state index contributed by atoms with van der Waals surface area (Å²) in [5.74, 6) is -1.20. The fourth-order valence-electron chi connectivity index (χ4n) is 2.00. The molecule has 1 amide bonds. The van der Waals surface area contributed by atoms with Crippen LogP contribution in [0, 0.1) is 6.92 Å². The number of carbonyl (C=O) groups is 2. The molecule has 1 atom stereocenters. The van der Waals surface area contributed by atoms with Gasteiger partial charge in [0, 0.05) is 12.2 Å². The number of nitrogens with zero attached hydrogens (tertiary/aromatic N) is 1. The molecule has 2 rings (SSSR count). The van der Waals surface area contributed by atoms with Crippen molar-refractivity contribution in [3.63, 3.8) is 0 Å². The summed E-state index contributed by atoms with van der Waals surface area (Å²) in [6.45, 7) is 2.32. The summed E-state index contributed by atoms with van der Waals surface area (Å²) in [6.07, 6.45) is 0. The Morgan fingerprint density at radius 1 is 1.47 bits per heavy atom. The molecule has 0 saturated carbocycles. The van der Waals surface area contributed by atoms with Crippen molar-refractivity contribution in [2.75, 3.05) is 18.0 Å². The van der Waals surface area contributed by atoms with Crippen molar-refractivity contribution in [3.8, 4) is 0 Å². The summed E-state index contributed by atoms with van der Waals surface area (Å²) in [6, 6.07) is 6.47. The summed E-state index contributed by atoms with van der Waals surface area (Å²) < 4.78 is 0. The van der Waals surface area contributed by atoms with Gasteiger partial charge in [-0.15, -0.1) is 0 Å². The van der Waals surface area contributed by atoms with Crippen molar-refractivity contribution in [3.05, 3.63) is 29.8 Å². The normalized spacial score (nSPS) is 20.4. The van der Waals surface area contributed by atoms with Gasteiger partial charge in [-0.1, -0.05) is 18.2 Å². The molecule has 0 bridgehead atoms. The van der Waals surface area contributed by atoms with E-state index in [1.165, 1.54) is 4.90 Å². The predicted molar refractivity (Wildman–Crippen MR) is 63.0 cm³/mol. The quantitative estimate of drug-likeness (QED) is 0.776. The topological polar surface area (TPSA) is 69.6 Å². The first kappa shape index (κ1) is 11.6. The molecule has 0 aliphatic carbocycles. The first-order valence-corrected chi connectivity index (χ1v) is 5.42. The first-order chi connectivity index (χ1) is 8.11. The number of carboxylic acid groups (broad SMARTS) is 1. The third-order valence-electron chi connectivity index (χ3n) is 2.85. The number of nitrogens with one attached hydrogen (secondary N) is 1. The maximum absolute atomic E-state index is 11.9. The minimum absolute atomic E-state index is 0.179. The third-order valence-corrected chi connectivity index (χ3v) is 2.85. The van der Waals surface area contributed by atoms with Gasteiger partial charge in [0.2, 0.25) is 5.91 Å². The summed E-state index contributed by atoms with van der Waals surface area (Å²) in [4.78, 5) is 24.4. The maximum atomic E-state index is 11.9. The van der Waals surface area contributed by atoms with Gasteiger partial charge < -0.3 is 10.4 Å². The number of piperazine rings is 1. The molecular weight excluding hydrogens is 220 g/mol. The van der Waals surface area contributed by atoms with E-state index in [4.69, 9.17) is 5.11 Å². The molecule has 1 heterocycles. The van der Waals surface area contributed by atoms with Crippen LogP contribution < -0.4 is 10.2 Å². The zero-order valence-corrected chi connectivity index (χ0v) is 9.51. The Morgan fingerprint density at radius 3 is 2.82 bits per heavy atom. The van der Waals surface area contributed by atoms with E-state index >= 15 is 0 Å². The Hall–Kier alpha value is -1.88. The van der Waals surface area contributed by atoms with Crippen LogP contribution in [0.25, 0.3) is 0 Å². The summed E-state index contributed by atoms with van der Waals surface area (Å²) in [7, 11) is 0. The van der Waals surface area contributed by atoms with Crippen molar-refractivity contribution in [1.29, 1.82) is 0 Å². The van der Waals surface area contributed by atoms with E-state index < -0.39 is 12.0 Å². The lowest BCUT2D eigenvalue weighted by Gasteiger charge is -2.34. The number of aliphatic carboxylic acids is 1. The monoisotopic (exact) mass is 234 g/mol. The van der Waals surface area contributed by atoms with Gasteiger partial charge in [0.05, 0.1) is 6.54 Å². The Bertz CT molecular complexity index is 459. The highest BCUT2D eigenvalue weighted by molar-refractivity contribution is 6.01. The molecule has 5 nitrogen and oxygen atoms in total. The minimum atomic E-state index is -0.992. The van der Waals surface area contributed by atoms with Crippen LogP contribution in [0.4, 0.5) is 5.69 Å². The number of amides is 1. The lowest BCUT2D eigenvalue weighted by atomic mass is 10.1. The first-order valence-electron chi connectivity index (χ1n) is 5.42. The summed E-state index contributed by atoms with van der Waals surface area (Å²) in [5.41, 5.74) is 1.57. The average Bonchev–Trinajstić information content (AvgIpc) is 2.30. The van der Waals surface area contributed by atoms with Crippen LogP contribution in [0.3, 0.4) is 0 Å². The Labute approximate surface area is 99.0 Å². The van der Waals surface area contributed by atoms with Gasteiger partial charge in [-0.25, -0.2) is 4.79 Å². The molecule has 0 aromatic heterocycles. The molecule has 1 fully saturated rings. The van der Waals surface area contributed by atoms with Gasteiger partial charge in [-0.05, 0) is 18.6 Å². The Kier molecular flexibility index (Phi) is 3.10. The molecular formula is C12H14N2O3. The lowest BCUT2D eigenvalue weighted by Crippen LogP contribution is -2.58. The van der Waals surface area contributed by atoms with E-state index in [9.17, 15) is 9.59 Å². The summed E-state index contributed by atoms with van der Waals surface area (Å²) >= 11 is 0. The van der Waals surface area contributed by atoms with E-state index in [0.717, 1.165) is 5.56 Å². The van der Waals surface area contributed by atoms with E-state index in [1.54, 1.807) is 12.1 Å². The summed E-state index contributed by atoms with van der Waals surface area (Å²) in [5, 5.41) is 12.0. The predicted octanol–water partition coefficient (Wildman–Crippen LogP) is 0.384. The zero-order chi connectivity index (χ0) is 12.4. The van der Waals surface area contributed by atoms with Gasteiger partial charge in [-0.3, -0.25) is 9.69 Å². The van der Waals surface area contributed by atoms with Crippen LogP contribution in [0.15, 0.2) is 24.3 Å². The zero-order valence-electron chi connectivity index (χ0n) is 9.51. The number of benzene rings is 1. The molecule has 1 saturated heterocycles. The number of carboxylic acids is 1. The minimum Gasteiger partial charge on any atom is -0.480 e. The molecule has 1 unspecified atom stereocenters. The van der Waals surface area contributed by atoms with Crippen molar-refractivity contribution >= 4 is 17.6 Å². The number of rotatable bonds is 2. The Balaban J connectivity index is 2.42. The Morgan fingerprint density at radius 2 is 2.18 bits per heavy atom. The van der Waals surface area contributed by atoms with Crippen LogP contribution in [0.1, 0.15) is 5.56 Å². The largest absolute Gasteiger partial charge is 0.480 e. The number of aryl methyl sites for hydroxylation is 1. The third kappa shape index (κ3) is 2.14. The molecule has 1 aromatic carbocycles. The second kappa shape index (κ2) is 4.55. The van der Waals surface area contributed by atoms with Crippen molar-refractivity contribution in [2.45, 2.75) is 13.0 Å². The van der Waals surface area contributed by atoms with Crippen LogP contribution in [-0.4, -0.2) is 36.1 Å². The van der Waals surface area contributed by atoms with E-state index in [1.807, 2.05) is 19.1 Å². The van der Waals surface area contributed by atoms with Crippen LogP contribution in [0.5, 0.6) is 0 Å². The molecule has 2 N–H and O–H groups in total. The lowest BCUT2D eigenvalue weighted by molar-refractivity contribution is -0.140. The fraction of sp³-hybridized carbons (Fsp3) is 0.333. The van der Waals surface area contributed by atoms with E-state index in [2.05, 4.69) is 5.32 Å². The molecule has 5 heteroatoms. The van der Waals surface area contributed by atoms with Crippen LogP contribution in [-0.2, 0) is 9.59 Å². The van der Waals surface area contributed by atoms with E-state index in [-0.39, 0.29) is 19.0 Å². The molecule has 1 aromatic rings. The highest BCUT2D eigenvalue weighted by Gasteiger charge is 2.34. The molecule has 17 heavy (non-hydrogen) atoms. The fourth-order valence-corrected chi connectivity index (χ4v) is 2.00. The van der Waals surface area contributed by atoms with Gasteiger partial charge >= 0.3 is 5.97 Å². The van der Waals surface area contributed by atoms with Gasteiger partial charge in [0.1, 0.15) is 6.04 Å². The average molecular weight is 234 g/mol. The highest BCUT2D eigenvalue weighted by atomic mass is 16.4. The van der Waals surface area contributed by atoms with E-state index in [0.29, 0.717) is 5.69 Å². The second-order valence-electron chi connectivity index (χ2n) is 4.04. The number of carbonyl (C=O) groups excluding carboxylic acids is 1. The van der Waals surface area contributed by atoms with Crippen LogP contribution >= 0.6 is 0 Å². The molecule has 90 valence electrons. The van der Waals surface area contributed by atoms with Crippen molar-refractivity contribution < 1.29 is 14.7 Å². The second-order valence-corrected chi connectivity index (χ2v) is 4.04.